The highest BCUT2D eigenvalue weighted by Gasteiger charge is 2.57. The van der Waals surface area contributed by atoms with Crippen molar-refractivity contribution < 1.29 is 0 Å². The smallest absolute Gasteiger partial charge is 0.0643 e. The molecule has 0 amide bonds. The summed E-state index contributed by atoms with van der Waals surface area (Å²) in [6, 6.07) is 61.3. The van der Waals surface area contributed by atoms with Gasteiger partial charge in [0.05, 0.1) is 19.4 Å². The van der Waals surface area contributed by atoms with Gasteiger partial charge in [-0.3, -0.25) is 9.98 Å². The Morgan fingerprint density at radius 1 is 0.383 bits per heavy atom. The lowest BCUT2D eigenvalue weighted by atomic mass is 9.75. The minimum Gasteiger partial charge on any atom is -0.256 e. The molecule has 1 aliphatic rings. The van der Waals surface area contributed by atoms with Gasteiger partial charge in [0.2, 0.25) is 0 Å². The third kappa shape index (κ3) is 6.58. The van der Waals surface area contributed by atoms with Crippen molar-refractivity contribution in [3.8, 4) is 0 Å². The van der Waals surface area contributed by atoms with Crippen molar-refractivity contribution in [1.29, 1.82) is 0 Å². The van der Waals surface area contributed by atoms with Crippen LogP contribution in [-0.4, -0.2) is 20.5 Å². The van der Waals surface area contributed by atoms with E-state index in [0.717, 1.165) is 22.5 Å². The largest absolute Gasteiger partial charge is 0.256 e. The van der Waals surface area contributed by atoms with Gasteiger partial charge < -0.3 is 0 Å². The van der Waals surface area contributed by atoms with Crippen LogP contribution in [0.25, 0.3) is 0 Å². The first-order chi connectivity index (χ1) is 23.1. The number of benzene rings is 6. The predicted molar refractivity (Wildman–Crippen MR) is 202 cm³/mol. The second kappa shape index (κ2) is 13.7. The quantitative estimate of drug-likeness (QED) is 0.119. The summed E-state index contributed by atoms with van der Waals surface area (Å²) in [5.74, 6) is 0.710. The molecule has 2 nitrogen and oxygen atoms in total. The highest BCUT2D eigenvalue weighted by Crippen LogP contribution is 2.63. The van der Waals surface area contributed by atoms with Crippen LogP contribution in [-0.2, 0) is 0 Å². The van der Waals surface area contributed by atoms with Crippen molar-refractivity contribution in [2.24, 2.45) is 9.98 Å². The summed E-state index contributed by atoms with van der Waals surface area (Å²) < 4.78 is 0. The van der Waals surface area contributed by atoms with Crippen LogP contribution in [0.15, 0.2) is 180 Å². The number of para-hydroxylation sites is 2. The molecule has 230 valence electrons. The molecule has 1 saturated heterocycles. The van der Waals surface area contributed by atoms with E-state index in [2.05, 4.69) is 122 Å². The maximum absolute atomic E-state index is 4.71. The zero-order chi connectivity index (χ0) is 32.1. The van der Waals surface area contributed by atoms with E-state index in [1.165, 1.54) is 22.3 Å². The fourth-order valence-corrected chi connectivity index (χ4v) is 13.0. The van der Waals surface area contributed by atoms with Crippen molar-refractivity contribution >= 4 is 31.9 Å². The molecule has 0 bridgehead atoms. The van der Waals surface area contributed by atoms with Gasteiger partial charge >= 0.3 is 0 Å². The Bertz CT molecular complexity index is 1790. The van der Waals surface area contributed by atoms with Crippen LogP contribution < -0.4 is 0 Å². The molecule has 0 N–H and O–H groups in total. The number of nitrogens with zero attached hydrogens (tertiary/aromatic N) is 2. The van der Waals surface area contributed by atoms with E-state index in [-0.39, 0.29) is 0 Å². The third-order valence-corrected chi connectivity index (χ3v) is 14.5. The average molecular weight is 625 g/mol. The summed E-state index contributed by atoms with van der Waals surface area (Å²) in [4.78, 5) is 9.42. The first-order valence-electron chi connectivity index (χ1n) is 16.6. The van der Waals surface area contributed by atoms with E-state index in [9.17, 15) is 0 Å². The highest BCUT2D eigenvalue weighted by atomic mass is 28.3. The van der Waals surface area contributed by atoms with Crippen LogP contribution in [0.2, 0.25) is 13.1 Å². The molecule has 1 fully saturated rings. The molecule has 7 rings (SSSR count). The summed E-state index contributed by atoms with van der Waals surface area (Å²) >= 11 is 0. The second-order valence-electron chi connectivity index (χ2n) is 13.2. The zero-order valence-corrected chi connectivity index (χ0v) is 28.0. The molecular formula is C44H40N2Si. The van der Waals surface area contributed by atoms with Crippen LogP contribution in [0, 0.1) is 0 Å². The number of hydrogen-bond donors (Lipinski definition) is 0. The summed E-state index contributed by atoms with van der Waals surface area (Å²) in [6.45, 7) is 5.24. The van der Waals surface area contributed by atoms with E-state index in [1.54, 1.807) is 0 Å². The van der Waals surface area contributed by atoms with Crippen LogP contribution in [0.1, 0.15) is 56.3 Å². The molecule has 0 saturated carbocycles. The number of aliphatic imine (C=N–C) groups is 2. The van der Waals surface area contributed by atoms with E-state index >= 15 is 0 Å². The maximum atomic E-state index is 4.71. The van der Waals surface area contributed by atoms with E-state index in [4.69, 9.17) is 9.98 Å². The third-order valence-electron chi connectivity index (χ3n) is 9.91. The molecule has 4 atom stereocenters. The first-order valence-corrected chi connectivity index (χ1v) is 19.7. The van der Waals surface area contributed by atoms with Crippen molar-refractivity contribution in [2.75, 3.05) is 0 Å². The van der Waals surface area contributed by atoms with Gasteiger partial charge in [-0.15, -0.1) is 0 Å². The van der Waals surface area contributed by atoms with Gasteiger partial charge in [0.1, 0.15) is 0 Å². The van der Waals surface area contributed by atoms with Gasteiger partial charge in [0, 0.05) is 12.4 Å². The molecule has 6 aromatic carbocycles. The molecule has 1 aliphatic heterocycles. The lowest BCUT2D eigenvalue weighted by Gasteiger charge is -2.34. The summed E-state index contributed by atoms with van der Waals surface area (Å²) in [7, 11) is -2.02. The second-order valence-corrected chi connectivity index (χ2v) is 18.1. The Labute approximate surface area is 280 Å². The van der Waals surface area contributed by atoms with Gasteiger partial charge in [-0.25, -0.2) is 0 Å². The molecule has 6 aromatic rings. The Balaban J connectivity index is 1.30. The van der Waals surface area contributed by atoms with Crippen molar-refractivity contribution in [3.05, 3.63) is 203 Å². The summed E-state index contributed by atoms with van der Waals surface area (Å²) in [5.41, 5.74) is 10.8. The van der Waals surface area contributed by atoms with Gasteiger partial charge in [-0.2, -0.15) is 0 Å². The molecule has 0 aliphatic carbocycles. The molecule has 3 heteroatoms. The summed E-state index contributed by atoms with van der Waals surface area (Å²) in [6.07, 6.45) is 3.95. The lowest BCUT2D eigenvalue weighted by molar-refractivity contribution is 0.553. The highest BCUT2D eigenvalue weighted by molar-refractivity contribution is 6.81. The normalized spacial score (nSPS) is 20.6. The Kier molecular flexibility index (Phi) is 8.90. The monoisotopic (exact) mass is 624 g/mol. The molecule has 1 heterocycles. The SMILES string of the molecule is C[Si]1(C)C(c2ccc(C=Nc3ccccc3)cc2)C(c2ccccc2)C(c2ccccc2)C1c1ccc(C=Nc2ccccc2)cc1. The Hall–Kier alpha value is -5.12. The standard InChI is InChI=1S/C44H40N2Si/c1-47(2)43(37-27-23-33(24-28-37)31-45-39-19-11-5-12-20-39)41(35-15-7-3-8-16-35)42(36-17-9-4-10-18-36)44(47)38-29-25-34(26-30-38)32-46-40-21-13-6-14-22-40/h3-32,41-44H,1-2H3. The fourth-order valence-electron chi connectivity index (χ4n) is 7.86. The Morgan fingerprint density at radius 3 is 1.04 bits per heavy atom. The van der Waals surface area contributed by atoms with Gasteiger partial charge in [0.25, 0.3) is 0 Å². The van der Waals surface area contributed by atoms with Crippen LogP contribution in [0.5, 0.6) is 0 Å². The van der Waals surface area contributed by atoms with Crippen LogP contribution in [0.3, 0.4) is 0 Å². The summed E-state index contributed by atoms with van der Waals surface area (Å²) in [5, 5.41) is 0. The average Bonchev–Trinajstić information content (AvgIpc) is 3.38. The van der Waals surface area contributed by atoms with E-state index in [1.807, 2.05) is 73.1 Å². The molecule has 0 radical (unpaired) electrons. The minimum absolute atomic E-state index is 0.355. The zero-order valence-electron chi connectivity index (χ0n) is 27.0. The topological polar surface area (TPSA) is 24.7 Å². The lowest BCUT2D eigenvalue weighted by Crippen LogP contribution is -2.38. The first kappa shape index (κ1) is 30.5. The maximum Gasteiger partial charge on any atom is 0.0643 e. The van der Waals surface area contributed by atoms with Crippen molar-refractivity contribution in [3.63, 3.8) is 0 Å². The minimum atomic E-state index is -2.02. The van der Waals surface area contributed by atoms with Crippen LogP contribution in [0.4, 0.5) is 11.4 Å². The van der Waals surface area contributed by atoms with Gasteiger partial charge in [-0.1, -0.05) is 159 Å². The molecule has 0 aromatic heterocycles. The van der Waals surface area contributed by atoms with Crippen molar-refractivity contribution in [1.82, 2.24) is 0 Å². The van der Waals surface area contributed by atoms with E-state index < -0.39 is 8.07 Å². The molecule has 47 heavy (non-hydrogen) atoms. The number of rotatable bonds is 8. The predicted octanol–water partition coefficient (Wildman–Crippen LogP) is 11.4. The fraction of sp³-hybridized carbons (Fsp3) is 0.136. The van der Waals surface area contributed by atoms with Crippen LogP contribution >= 0.6 is 0 Å². The molecule has 0 spiro atoms. The van der Waals surface area contributed by atoms with Crippen molar-refractivity contribution in [2.45, 2.75) is 36.0 Å². The van der Waals surface area contributed by atoms with E-state index in [0.29, 0.717) is 22.9 Å². The number of hydrogen-bond acceptors (Lipinski definition) is 2. The van der Waals surface area contributed by atoms with Gasteiger partial charge in [-0.05, 0) is 80.6 Å². The molecular weight excluding hydrogens is 585 g/mol. The Morgan fingerprint density at radius 2 is 0.702 bits per heavy atom. The molecule has 4 unspecified atom stereocenters. The van der Waals surface area contributed by atoms with Gasteiger partial charge in [0.15, 0.2) is 0 Å².